The fourth-order valence-electron chi connectivity index (χ4n) is 3.36. The van der Waals surface area contributed by atoms with Crippen LogP contribution >= 0.6 is 11.3 Å². The molecule has 0 unspecified atom stereocenters. The quantitative estimate of drug-likeness (QED) is 0.577. The number of rotatable bonds is 6. The lowest BCUT2D eigenvalue weighted by molar-refractivity contribution is 0.116. The average Bonchev–Trinajstić information content (AvgIpc) is 3.10. The molecule has 8 nitrogen and oxygen atoms in total. The largest absolute Gasteiger partial charge is 0.494 e. The van der Waals surface area contributed by atoms with Gasteiger partial charge in [-0.3, -0.25) is 0 Å². The number of fused-ring (bicyclic) bond motifs is 1. The normalized spacial score (nSPS) is 19.5. The van der Waals surface area contributed by atoms with Crippen molar-refractivity contribution in [3.8, 4) is 11.5 Å². The molecule has 2 heterocycles. The summed E-state index contributed by atoms with van der Waals surface area (Å²) in [5.74, 6) is 1.52. The number of ether oxygens (including phenoxy) is 2. The highest BCUT2D eigenvalue weighted by molar-refractivity contribution is 7.22. The predicted molar refractivity (Wildman–Crippen MR) is 109 cm³/mol. The molecule has 0 saturated heterocycles. The van der Waals surface area contributed by atoms with Crippen LogP contribution in [-0.4, -0.2) is 39.3 Å². The number of anilines is 2. The second-order valence-electron chi connectivity index (χ2n) is 6.79. The minimum atomic E-state index is -0.332. The third-order valence-corrected chi connectivity index (χ3v) is 5.74. The molecule has 2 aromatic heterocycles. The molecule has 4 N–H and O–H groups in total. The number of hydrogen-bond donors (Lipinski definition) is 3. The first kappa shape index (κ1) is 18.7. The molecule has 28 heavy (non-hydrogen) atoms. The predicted octanol–water partition coefficient (Wildman–Crippen LogP) is 2.97. The smallest absolute Gasteiger partial charge is 0.220 e. The topological polar surface area (TPSA) is 115 Å². The molecule has 1 aromatic carbocycles. The van der Waals surface area contributed by atoms with Crippen LogP contribution in [0.5, 0.6) is 11.5 Å². The second-order valence-corrected chi connectivity index (χ2v) is 7.82. The maximum Gasteiger partial charge on any atom is 0.220 e. The SMILES string of the molecule is COc1cc(OCc2ccnc(N)n2)cc2sc(N[C@@H]3CCCC[C@H]3O)nc12. The Hall–Kier alpha value is -2.65. The van der Waals surface area contributed by atoms with E-state index in [1.807, 2.05) is 12.1 Å². The first-order valence-electron chi connectivity index (χ1n) is 9.26. The summed E-state index contributed by atoms with van der Waals surface area (Å²) >= 11 is 1.52. The van der Waals surface area contributed by atoms with Gasteiger partial charge in [-0.2, -0.15) is 0 Å². The lowest BCUT2D eigenvalue weighted by Crippen LogP contribution is -2.36. The summed E-state index contributed by atoms with van der Waals surface area (Å²) < 4.78 is 12.3. The first-order valence-corrected chi connectivity index (χ1v) is 10.1. The van der Waals surface area contributed by atoms with Gasteiger partial charge >= 0.3 is 0 Å². The molecule has 0 aliphatic heterocycles. The van der Waals surface area contributed by atoms with Gasteiger partial charge in [0.25, 0.3) is 0 Å². The summed E-state index contributed by atoms with van der Waals surface area (Å²) in [6, 6.07) is 5.55. The fourth-order valence-corrected chi connectivity index (χ4v) is 4.34. The van der Waals surface area contributed by atoms with E-state index in [9.17, 15) is 5.11 Å². The van der Waals surface area contributed by atoms with Gasteiger partial charge in [0.15, 0.2) is 5.13 Å². The Labute approximate surface area is 166 Å². The van der Waals surface area contributed by atoms with Crippen molar-refractivity contribution in [1.82, 2.24) is 15.0 Å². The van der Waals surface area contributed by atoms with Gasteiger partial charge in [-0.25, -0.2) is 15.0 Å². The molecule has 1 fully saturated rings. The van der Waals surface area contributed by atoms with Crippen molar-refractivity contribution in [2.45, 2.75) is 44.4 Å². The molecule has 3 aromatic rings. The molecular weight excluding hydrogens is 378 g/mol. The Morgan fingerprint density at radius 3 is 2.93 bits per heavy atom. The van der Waals surface area contributed by atoms with Crippen molar-refractivity contribution in [2.75, 3.05) is 18.2 Å². The van der Waals surface area contributed by atoms with Crippen LogP contribution in [0.25, 0.3) is 10.2 Å². The highest BCUT2D eigenvalue weighted by Crippen LogP contribution is 2.37. The van der Waals surface area contributed by atoms with Crippen LogP contribution in [0.3, 0.4) is 0 Å². The van der Waals surface area contributed by atoms with Crippen LogP contribution in [0.4, 0.5) is 11.1 Å². The van der Waals surface area contributed by atoms with Crippen LogP contribution in [0, 0.1) is 0 Å². The number of aromatic nitrogens is 3. The Morgan fingerprint density at radius 2 is 2.14 bits per heavy atom. The molecule has 1 saturated carbocycles. The number of nitrogens with one attached hydrogen (secondary N) is 1. The minimum Gasteiger partial charge on any atom is -0.494 e. The van der Waals surface area contributed by atoms with Gasteiger partial charge in [0.1, 0.15) is 23.6 Å². The molecule has 0 radical (unpaired) electrons. The molecular formula is C19H23N5O3S. The van der Waals surface area contributed by atoms with E-state index in [0.717, 1.165) is 41.0 Å². The highest BCUT2D eigenvalue weighted by atomic mass is 32.1. The van der Waals surface area contributed by atoms with E-state index >= 15 is 0 Å². The maximum absolute atomic E-state index is 10.2. The second kappa shape index (κ2) is 8.15. The number of nitrogens with two attached hydrogens (primary N) is 1. The Balaban J connectivity index is 1.54. The molecule has 2 atom stereocenters. The molecule has 9 heteroatoms. The van der Waals surface area contributed by atoms with Crippen molar-refractivity contribution in [2.24, 2.45) is 0 Å². The number of thiazole rings is 1. The number of nitrogen functional groups attached to an aromatic ring is 1. The summed E-state index contributed by atoms with van der Waals surface area (Å²) in [7, 11) is 1.61. The average molecular weight is 401 g/mol. The van der Waals surface area contributed by atoms with Gasteiger partial charge in [-0.1, -0.05) is 24.2 Å². The molecule has 4 rings (SSSR count). The van der Waals surface area contributed by atoms with Gasteiger partial charge in [0.05, 0.1) is 29.6 Å². The van der Waals surface area contributed by atoms with E-state index in [0.29, 0.717) is 17.2 Å². The van der Waals surface area contributed by atoms with Crippen LogP contribution in [0.15, 0.2) is 24.4 Å². The number of benzene rings is 1. The molecule has 148 valence electrons. The van der Waals surface area contributed by atoms with Crippen molar-refractivity contribution in [1.29, 1.82) is 0 Å². The zero-order valence-electron chi connectivity index (χ0n) is 15.6. The lowest BCUT2D eigenvalue weighted by atomic mass is 9.93. The van der Waals surface area contributed by atoms with E-state index < -0.39 is 0 Å². The monoisotopic (exact) mass is 401 g/mol. The number of aliphatic hydroxyl groups is 1. The van der Waals surface area contributed by atoms with E-state index in [1.165, 1.54) is 11.3 Å². The summed E-state index contributed by atoms with van der Waals surface area (Å²) in [6.07, 6.45) is 5.25. The minimum absolute atomic E-state index is 0.0410. The molecule has 1 aliphatic carbocycles. The van der Waals surface area contributed by atoms with Crippen molar-refractivity contribution < 1.29 is 14.6 Å². The van der Waals surface area contributed by atoms with Crippen molar-refractivity contribution in [3.05, 3.63) is 30.1 Å². The van der Waals surface area contributed by atoms with Crippen LogP contribution < -0.4 is 20.5 Å². The summed E-state index contributed by atoms with van der Waals surface area (Å²) in [5, 5.41) is 14.4. The van der Waals surface area contributed by atoms with E-state index in [-0.39, 0.29) is 24.7 Å². The zero-order chi connectivity index (χ0) is 19.5. The summed E-state index contributed by atoms with van der Waals surface area (Å²) in [5.41, 5.74) is 7.08. The van der Waals surface area contributed by atoms with Crippen LogP contribution in [0.2, 0.25) is 0 Å². The number of hydrogen-bond acceptors (Lipinski definition) is 9. The van der Waals surface area contributed by atoms with Crippen LogP contribution in [0.1, 0.15) is 31.4 Å². The van der Waals surface area contributed by atoms with Gasteiger partial charge in [-0.15, -0.1) is 0 Å². The number of methoxy groups -OCH3 is 1. The van der Waals surface area contributed by atoms with Gasteiger partial charge in [0, 0.05) is 12.3 Å². The fraction of sp³-hybridized carbons (Fsp3) is 0.421. The Kier molecular flexibility index (Phi) is 5.45. The highest BCUT2D eigenvalue weighted by Gasteiger charge is 2.24. The summed E-state index contributed by atoms with van der Waals surface area (Å²) in [6.45, 7) is 0.277. The number of nitrogens with zero attached hydrogens (tertiary/aromatic N) is 3. The molecule has 0 spiro atoms. The van der Waals surface area contributed by atoms with E-state index in [4.69, 9.17) is 15.2 Å². The molecule has 0 amide bonds. The first-order chi connectivity index (χ1) is 13.6. The van der Waals surface area contributed by atoms with E-state index in [2.05, 4.69) is 20.3 Å². The van der Waals surface area contributed by atoms with Crippen molar-refractivity contribution >= 4 is 32.6 Å². The van der Waals surface area contributed by atoms with Crippen LogP contribution in [-0.2, 0) is 6.61 Å². The Morgan fingerprint density at radius 1 is 1.29 bits per heavy atom. The molecule has 1 aliphatic rings. The van der Waals surface area contributed by atoms with Gasteiger partial charge in [0.2, 0.25) is 5.95 Å². The molecule has 0 bridgehead atoms. The lowest BCUT2D eigenvalue weighted by Gasteiger charge is -2.27. The summed E-state index contributed by atoms with van der Waals surface area (Å²) in [4.78, 5) is 12.7. The van der Waals surface area contributed by atoms with Gasteiger partial charge < -0.3 is 25.6 Å². The maximum atomic E-state index is 10.2. The zero-order valence-corrected chi connectivity index (χ0v) is 16.4. The van der Waals surface area contributed by atoms with E-state index in [1.54, 1.807) is 19.4 Å². The Bertz CT molecular complexity index is 964. The van der Waals surface area contributed by atoms with Crippen molar-refractivity contribution in [3.63, 3.8) is 0 Å². The standard InChI is InChI=1S/C19H23N5O3S/c1-26-15-8-12(27-10-11-6-7-21-18(20)22-11)9-16-17(15)24-19(28-16)23-13-4-2-3-5-14(13)25/h6-9,13-14,25H,2-5,10H2,1H3,(H,23,24)(H2,20,21,22)/t13-,14-/m1/s1. The third kappa shape index (κ3) is 4.10. The number of aliphatic hydroxyl groups excluding tert-OH is 1. The van der Waals surface area contributed by atoms with Gasteiger partial charge in [-0.05, 0) is 25.0 Å². The third-order valence-electron chi connectivity index (χ3n) is 4.81.